The van der Waals surface area contributed by atoms with E-state index in [0.29, 0.717) is 6.54 Å². The van der Waals surface area contributed by atoms with E-state index < -0.39 is 10.0 Å². The molecule has 1 aromatic heterocycles. The minimum atomic E-state index is -3.60. The van der Waals surface area contributed by atoms with Crippen LogP contribution in [0.3, 0.4) is 0 Å². The van der Waals surface area contributed by atoms with Gasteiger partial charge in [0.2, 0.25) is 5.09 Å². The molecule has 1 rings (SSSR count). The van der Waals surface area contributed by atoms with Gasteiger partial charge in [-0.15, -0.1) is 0 Å². The lowest BCUT2D eigenvalue weighted by atomic mass is 10.2. The van der Waals surface area contributed by atoms with E-state index in [1.165, 1.54) is 12.1 Å². The van der Waals surface area contributed by atoms with E-state index in [2.05, 4.69) is 4.72 Å². The number of furan rings is 1. The van der Waals surface area contributed by atoms with Crippen molar-refractivity contribution in [2.45, 2.75) is 18.6 Å². The smallest absolute Gasteiger partial charge is 0.273 e. The zero-order chi connectivity index (χ0) is 12.9. The first kappa shape index (κ1) is 14.6. The van der Waals surface area contributed by atoms with E-state index in [9.17, 15) is 8.42 Å². The summed E-state index contributed by atoms with van der Waals surface area (Å²) in [6.07, 6.45) is 1.98. The first-order valence-corrected chi connectivity index (χ1v) is 8.05. The molecule has 0 saturated carbocycles. The molecule has 0 aliphatic carbocycles. The molecule has 0 fully saturated rings. The van der Waals surface area contributed by atoms with Gasteiger partial charge in [0.15, 0.2) is 0 Å². The first-order chi connectivity index (χ1) is 7.99. The number of thioether (sulfide) groups is 1. The zero-order valence-electron chi connectivity index (χ0n) is 9.84. The van der Waals surface area contributed by atoms with E-state index in [1.54, 1.807) is 11.8 Å². The van der Waals surface area contributed by atoms with Crippen molar-refractivity contribution >= 4 is 21.8 Å². The maximum atomic E-state index is 11.8. The van der Waals surface area contributed by atoms with Crippen molar-refractivity contribution in [2.24, 2.45) is 5.92 Å². The van der Waals surface area contributed by atoms with E-state index in [1.807, 2.05) is 13.2 Å². The summed E-state index contributed by atoms with van der Waals surface area (Å²) in [5, 5.41) is 8.64. The molecular weight excluding hydrogens is 262 g/mol. The molecule has 0 spiro atoms. The van der Waals surface area contributed by atoms with Gasteiger partial charge < -0.3 is 9.52 Å². The normalized spacial score (nSPS) is 13.8. The highest BCUT2D eigenvalue weighted by Crippen LogP contribution is 2.14. The van der Waals surface area contributed by atoms with Gasteiger partial charge in [-0.05, 0) is 30.1 Å². The van der Waals surface area contributed by atoms with Gasteiger partial charge in [0.1, 0.15) is 12.4 Å². The molecule has 0 aromatic carbocycles. The molecule has 98 valence electrons. The Morgan fingerprint density at radius 3 is 2.76 bits per heavy atom. The lowest BCUT2D eigenvalue weighted by molar-refractivity contribution is 0.236. The van der Waals surface area contributed by atoms with Gasteiger partial charge in [-0.3, -0.25) is 0 Å². The lowest BCUT2D eigenvalue weighted by Crippen LogP contribution is -2.29. The van der Waals surface area contributed by atoms with Crippen molar-refractivity contribution in [1.29, 1.82) is 0 Å². The van der Waals surface area contributed by atoms with Crippen LogP contribution < -0.4 is 4.72 Å². The van der Waals surface area contributed by atoms with Crippen LogP contribution in [0.25, 0.3) is 0 Å². The Labute approximate surface area is 106 Å². The van der Waals surface area contributed by atoms with Gasteiger partial charge in [0.25, 0.3) is 10.0 Å². The average molecular weight is 279 g/mol. The number of aliphatic hydroxyl groups is 1. The topological polar surface area (TPSA) is 79.5 Å². The molecule has 1 unspecified atom stereocenters. The summed E-state index contributed by atoms with van der Waals surface area (Å²) in [6.45, 7) is 2.04. The summed E-state index contributed by atoms with van der Waals surface area (Å²) in [4.78, 5) is 0. The molecular formula is C10H17NO4S2. The van der Waals surface area contributed by atoms with E-state index in [-0.39, 0.29) is 23.4 Å². The second-order valence-corrected chi connectivity index (χ2v) is 6.40. The number of nitrogens with one attached hydrogen (secondary N) is 1. The van der Waals surface area contributed by atoms with Gasteiger partial charge in [-0.1, -0.05) is 6.92 Å². The third-order valence-electron chi connectivity index (χ3n) is 2.13. The maximum Gasteiger partial charge on any atom is 0.273 e. The van der Waals surface area contributed by atoms with E-state index in [4.69, 9.17) is 9.52 Å². The molecule has 0 aliphatic heterocycles. The van der Waals surface area contributed by atoms with Crippen molar-refractivity contribution in [1.82, 2.24) is 4.72 Å². The van der Waals surface area contributed by atoms with E-state index >= 15 is 0 Å². The lowest BCUT2D eigenvalue weighted by Gasteiger charge is -2.10. The largest absolute Gasteiger partial charge is 0.446 e. The minimum Gasteiger partial charge on any atom is -0.446 e. The highest BCUT2D eigenvalue weighted by Gasteiger charge is 2.19. The van der Waals surface area contributed by atoms with Gasteiger partial charge in [-0.25, -0.2) is 13.1 Å². The van der Waals surface area contributed by atoms with Crippen LogP contribution in [0.2, 0.25) is 0 Å². The molecule has 0 amide bonds. The Kier molecular flexibility index (Phi) is 5.51. The van der Waals surface area contributed by atoms with Crippen molar-refractivity contribution in [2.75, 3.05) is 18.6 Å². The average Bonchev–Trinajstić information content (AvgIpc) is 2.76. The Morgan fingerprint density at radius 2 is 2.24 bits per heavy atom. The molecule has 7 heteroatoms. The fraction of sp³-hybridized carbons (Fsp3) is 0.600. The van der Waals surface area contributed by atoms with Crippen LogP contribution in [0.5, 0.6) is 0 Å². The summed E-state index contributed by atoms with van der Waals surface area (Å²) in [6, 6.07) is 2.78. The molecule has 1 aromatic rings. The van der Waals surface area contributed by atoms with Gasteiger partial charge >= 0.3 is 0 Å². The predicted molar refractivity (Wildman–Crippen MR) is 67.4 cm³/mol. The summed E-state index contributed by atoms with van der Waals surface area (Å²) < 4.78 is 31.0. The highest BCUT2D eigenvalue weighted by molar-refractivity contribution is 7.98. The van der Waals surface area contributed by atoms with Crippen LogP contribution >= 0.6 is 11.8 Å². The van der Waals surface area contributed by atoms with Crippen LogP contribution in [0.4, 0.5) is 0 Å². The summed E-state index contributed by atoms with van der Waals surface area (Å²) in [5.41, 5.74) is 0. The molecule has 0 bridgehead atoms. The summed E-state index contributed by atoms with van der Waals surface area (Å²) >= 11 is 1.67. The maximum absolute atomic E-state index is 11.8. The minimum absolute atomic E-state index is 0.155. The molecule has 1 heterocycles. The highest BCUT2D eigenvalue weighted by atomic mass is 32.2. The predicted octanol–water partition coefficient (Wildman–Crippen LogP) is 1.05. The van der Waals surface area contributed by atoms with Crippen molar-refractivity contribution < 1.29 is 17.9 Å². The molecule has 2 N–H and O–H groups in total. The van der Waals surface area contributed by atoms with Crippen LogP contribution in [0.15, 0.2) is 21.6 Å². The van der Waals surface area contributed by atoms with Crippen molar-refractivity contribution in [3.05, 3.63) is 17.9 Å². The zero-order valence-corrected chi connectivity index (χ0v) is 11.5. The molecule has 1 atom stereocenters. The number of hydrogen-bond donors (Lipinski definition) is 2. The quantitative estimate of drug-likeness (QED) is 0.780. The number of aliphatic hydroxyl groups excluding tert-OH is 1. The Morgan fingerprint density at radius 1 is 1.53 bits per heavy atom. The third kappa shape index (κ3) is 4.34. The molecule has 0 aliphatic rings. The second-order valence-electron chi connectivity index (χ2n) is 3.79. The Hall–Kier alpha value is -0.500. The fourth-order valence-corrected chi connectivity index (χ4v) is 3.05. The van der Waals surface area contributed by atoms with Crippen LogP contribution in [-0.4, -0.2) is 32.1 Å². The van der Waals surface area contributed by atoms with Gasteiger partial charge in [0, 0.05) is 6.54 Å². The van der Waals surface area contributed by atoms with Crippen molar-refractivity contribution in [3.63, 3.8) is 0 Å². The van der Waals surface area contributed by atoms with Gasteiger partial charge in [0.05, 0.1) is 0 Å². The van der Waals surface area contributed by atoms with Crippen LogP contribution in [0, 0.1) is 5.92 Å². The van der Waals surface area contributed by atoms with Crippen LogP contribution in [0.1, 0.15) is 12.7 Å². The Balaban J connectivity index is 2.62. The number of rotatable bonds is 7. The SMILES string of the molecule is CSCC(C)CNS(=O)(=O)c1ccc(CO)o1. The molecule has 17 heavy (non-hydrogen) atoms. The Bertz CT molecular complexity index is 441. The van der Waals surface area contributed by atoms with Crippen molar-refractivity contribution in [3.8, 4) is 0 Å². The standard InChI is InChI=1S/C10H17NO4S2/c1-8(7-16-2)5-11-17(13,14)10-4-3-9(6-12)15-10/h3-4,8,11-12H,5-7H2,1-2H3. The molecule has 0 radical (unpaired) electrons. The summed E-state index contributed by atoms with van der Waals surface area (Å²) in [7, 11) is -3.60. The summed E-state index contributed by atoms with van der Waals surface area (Å²) in [5.74, 6) is 1.39. The molecule has 5 nitrogen and oxygen atoms in total. The van der Waals surface area contributed by atoms with E-state index in [0.717, 1.165) is 5.75 Å². The van der Waals surface area contributed by atoms with Gasteiger partial charge in [-0.2, -0.15) is 11.8 Å². The monoisotopic (exact) mass is 279 g/mol. The number of hydrogen-bond acceptors (Lipinski definition) is 5. The third-order valence-corrected chi connectivity index (χ3v) is 4.33. The second kappa shape index (κ2) is 6.44. The number of sulfonamides is 1. The van der Waals surface area contributed by atoms with Crippen LogP contribution in [-0.2, 0) is 16.6 Å². The molecule has 0 saturated heterocycles. The first-order valence-electron chi connectivity index (χ1n) is 5.17. The fourth-order valence-electron chi connectivity index (χ4n) is 1.25.